The lowest BCUT2D eigenvalue weighted by molar-refractivity contribution is -0.159. The molecule has 0 aliphatic rings. The molecule has 0 heterocycles. The van der Waals surface area contributed by atoms with Gasteiger partial charge in [0, 0.05) is 6.42 Å². The molecule has 0 aliphatic carbocycles. The predicted octanol–water partition coefficient (Wildman–Crippen LogP) is 5.74. The van der Waals surface area contributed by atoms with Crippen LogP contribution in [0.1, 0.15) is 93.9 Å². The van der Waals surface area contributed by atoms with Gasteiger partial charge in [-0.1, -0.05) is 54.4 Å². The van der Waals surface area contributed by atoms with Gasteiger partial charge in [0.05, 0.1) is 0 Å². The molecule has 0 aromatic rings. The second kappa shape index (κ2) is 7.47. The molecule has 0 radical (unpaired) electrons. The van der Waals surface area contributed by atoms with Gasteiger partial charge < -0.3 is 4.74 Å². The summed E-state index contributed by atoms with van der Waals surface area (Å²) >= 11 is 0. The van der Waals surface area contributed by atoms with Crippen molar-refractivity contribution in [1.29, 1.82) is 0 Å². The fraction of sp³-hybridized carbons (Fsp3) is 0.944. The second-order valence-corrected chi connectivity index (χ2v) is 9.09. The molecule has 2 heteroatoms. The molecule has 0 aromatic heterocycles. The van der Waals surface area contributed by atoms with Crippen molar-refractivity contribution >= 4 is 5.97 Å². The first kappa shape index (κ1) is 19.5. The van der Waals surface area contributed by atoms with Crippen molar-refractivity contribution in [2.24, 2.45) is 10.8 Å². The topological polar surface area (TPSA) is 26.3 Å². The Hall–Kier alpha value is -0.530. The van der Waals surface area contributed by atoms with Gasteiger partial charge in [0.1, 0.15) is 5.60 Å². The van der Waals surface area contributed by atoms with E-state index in [1.54, 1.807) is 0 Å². The Bertz CT molecular complexity index is 290. The molecule has 0 atom stereocenters. The summed E-state index contributed by atoms with van der Waals surface area (Å²) in [6.07, 6.45) is 5.92. The van der Waals surface area contributed by atoms with Crippen molar-refractivity contribution in [2.75, 3.05) is 0 Å². The Balaban J connectivity index is 3.89. The third-order valence-corrected chi connectivity index (χ3v) is 3.15. The van der Waals surface area contributed by atoms with Crippen molar-refractivity contribution in [2.45, 2.75) is 99.5 Å². The van der Waals surface area contributed by atoms with Gasteiger partial charge in [-0.25, -0.2) is 0 Å². The van der Waals surface area contributed by atoms with Crippen LogP contribution in [0, 0.1) is 10.8 Å². The van der Waals surface area contributed by atoms with Crippen LogP contribution >= 0.6 is 0 Å². The van der Waals surface area contributed by atoms with Crippen LogP contribution in [0.5, 0.6) is 0 Å². The highest BCUT2D eigenvalue weighted by Crippen LogP contribution is 2.30. The summed E-state index contributed by atoms with van der Waals surface area (Å²) in [4.78, 5) is 11.9. The Kier molecular flexibility index (Phi) is 7.27. The van der Waals surface area contributed by atoms with Crippen molar-refractivity contribution in [3.8, 4) is 0 Å². The van der Waals surface area contributed by atoms with E-state index in [-0.39, 0.29) is 17.0 Å². The molecule has 0 fully saturated rings. The van der Waals surface area contributed by atoms with Crippen molar-refractivity contribution in [3.05, 3.63) is 0 Å². The molecule has 0 spiro atoms. The third kappa shape index (κ3) is 12.5. The monoisotopic (exact) mass is 284 g/mol. The van der Waals surface area contributed by atoms with Gasteiger partial charge in [0.15, 0.2) is 0 Å². The fourth-order valence-corrected chi connectivity index (χ4v) is 2.77. The van der Waals surface area contributed by atoms with E-state index in [2.05, 4.69) is 41.5 Å². The van der Waals surface area contributed by atoms with Crippen LogP contribution in [0.2, 0.25) is 0 Å². The summed E-state index contributed by atoms with van der Waals surface area (Å²) in [5.41, 5.74) is 0.215. The van der Waals surface area contributed by atoms with Crippen LogP contribution < -0.4 is 0 Å². The van der Waals surface area contributed by atoms with Gasteiger partial charge in [-0.15, -0.1) is 0 Å². The van der Waals surface area contributed by atoms with E-state index in [9.17, 15) is 4.79 Å². The largest absolute Gasteiger partial charge is 0.460 e. The lowest BCUT2D eigenvalue weighted by Crippen LogP contribution is -2.32. The number of carbonyl (C=O) groups is 1. The Morgan fingerprint density at radius 2 is 1.35 bits per heavy atom. The molecule has 0 rings (SSSR count). The van der Waals surface area contributed by atoms with Gasteiger partial charge in [-0.05, 0) is 43.9 Å². The van der Waals surface area contributed by atoms with E-state index >= 15 is 0 Å². The summed E-state index contributed by atoms with van der Waals surface area (Å²) < 4.78 is 5.62. The van der Waals surface area contributed by atoms with Crippen LogP contribution in [0.3, 0.4) is 0 Å². The molecular formula is C18H36O2. The predicted molar refractivity (Wildman–Crippen MR) is 86.8 cm³/mol. The smallest absolute Gasteiger partial charge is 0.306 e. The molecule has 0 aromatic carbocycles. The van der Waals surface area contributed by atoms with E-state index < -0.39 is 0 Å². The van der Waals surface area contributed by atoms with E-state index in [1.807, 2.05) is 13.8 Å². The molecule has 0 aliphatic heterocycles. The third-order valence-electron chi connectivity index (χ3n) is 3.15. The first-order valence-electron chi connectivity index (χ1n) is 8.03. The highest BCUT2D eigenvalue weighted by Gasteiger charge is 2.28. The maximum atomic E-state index is 11.9. The van der Waals surface area contributed by atoms with Crippen LogP contribution in [0.25, 0.3) is 0 Å². The average molecular weight is 284 g/mol. The summed E-state index contributed by atoms with van der Waals surface area (Å²) in [6.45, 7) is 17.3. The fourth-order valence-electron chi connectivity index (χ4n) is 2.77. The summed E-state index contributed by atoms with van der Waals surface area (Å²) in [5.74, 6) is -0.0463. The molecule has 120 valence electrons. The number of esters is 1. The van der Waals surface area contributed by atoms with Crippen molar-refractivity contribution < 1.29 is 9.53 Å². The zero-order chi connectivity index (χ0) is 16.0. The molecular weight excluding hydrogens is 248 g/mol. The summed E-state index contributed by atoms with van der Waals surface area (Å²) in [7, 11) is 0. The zero-order valence-corrected chi connectivity index (χ0v) is 15.1. The number of ether oxygens (including phenoxy) is 1. The van der Waals surface area contributed by atoms with E-state index in [4.69, 9.17) is 4.74 Å². The number of carbonyl (C=O) groups excluding carboxylic acids is 1. The SMILES string of the molecule is CC(C)(C)CCCCCC(=O)OC(C)(C)CC(C)(C)C. The lowest BCUT2D eigenvalue weighted by Gasteiger charge is -2.32. The van der Waals surface area contributed by atoms with Crippen molar-refractivity contribution in [1.82, 2.24) is 0 Å². The summed E-state index contributed by atoms with van der Waals surface area (Å²) in [5, 5.41) is 0. The molecule has 20 heavy (non-hydrogen) atoms. The number of hydrogen-bond acceptors (Lipinski definition) is 2. The standard InChI is InChI=1S/C18H36O2/c1-16(2,3)13-11-9-10-12-15(19)20-18(7,8)14-17(4,5)6/h9-14H2,1-8H3. The van der Waals surface area contributed by atoms with Crippen LogP contribution in [0.15, 0.2) is 0 Å². The molecule has 0 N–H and O–H groups in total. The number of rotatable bonds is 7. The minimum absolute atomic E-state index is 0.0463. The average Bonchev–Trinajstić information content (AvgIpc) is 2.09. The minimum Gasteiger partial charge on any atom is -0.460 e. The quantitative estimate of drug-likeness (QED) is 0.440. The van der Waals surface area contributed by atoms with E-state index in [0.29, 0.717) is 11.8 Å². The second-order valence-electron chi connectivity index (χ2n) is 9.09. The molecule has 2 nitrogen and oxygen atoms in total. The molecule has 0 saturated carbocycles. The zero-order valence-electron chi connectivity index (χ0n) is 15.1. The Morgan fingerprint density at radius 3 is 1.80 bits per heavy atom. The first-order chi connectivity index (χ1) is 8.81. The summed E-state index contributed by atoms with van der Waals surface area (Å²) in [6, 6.07) is 0. The van der Waals surface area contributed by atoms with Crippen LogP contribution in [0.4, 0.5) is 0 Å². The molecule has 0 unspecified atom stereocenters. The van der Waals surface area contributed by atoms with Gasteiger partial charge in [-0.2, -0.15) is 0 Å². The van der Waals surface area contributed by atoms with Gasteiger partial charge in [0.25, 0.3) is 0 Å². The van der Waals surface area contributed by atoms with Crippen molar-refractivity contribution in [3.63, 3.8) is 0 Å². The maximum Gasteiger partial charge on any atom is 0.306 e. The van der Waals surface area contributed by atoms with E-state index in [1.165, 1.54) is 12.8 Å². The Morgan fingerprint density at radius 1 is 0.800 bits per heavy atom. The normalized spacial score (nSPS) is 13.4. The number of hydrogen-bond donors (Lipinski definition) is 0. The van der Waals surface area contributed by atoms with Gasteiger partial charge in [0.2, 0.25) is 0 Å². The molecule has 0 amide bonds. The van der Waals surface area contributed by atoms with Crippen LogP contribution in [-0.2, 0) is 9.53 Å². The lowest BCUT2D eigenvalue weighted by atomic mass is 9.83. The van der Waals surface area contributed by atoms with Crippen LogP contribution in [-0.4, -0.2) is 11.6 Å². The molecule has 0 saturated heterocycles. The molecule has 0 bridgehead atoms. The van der Waals surface area contributed by atoms with Gasteiger partial charge >= 0.3 is 5.97 Å². The van der Waals surface area contributed by atoms with E-state index in [0.717, 1.165) is 19.3 Å². The highest BCUT2D eigenvalue weighted by molar-refractivity contribution is 5.69. The maximum absolute atomic E-state index is 11.9. The highest BCUT2D eigenvalue weighted by atomic mass is 16.6. The van der Waals surface area contributed by atoms with Gasteiger partial charge in [-0.3, -0.25) is 4.79 Å². The number of unbranched alkanes of at least 4 members (excludes halogenated alkanes) is 2. The minimum atomic E-state index is -0.360. The Labute approximate surface area is 126 Å². The first-order valence-corrected chi connectivity index (χ1v) is 8.03.